The van der Waals surface area contributed by atoms with E-state index in [0.29, 0.717) is 53.7 Å². The Bertz CT molecular complexity index is 3260. The van der Waals surface area contributed by atoms with Crippen LogP contribution in [0.15, 0.2) is 84.9 Å². The first-order chi connectivity index (χ1) is 38.2. The zero-order chi connectivity index (χ0) is 57.4. The van der Waals surface area contributed by atoms with E-state index in [1.165, 1.54) is 21.9 Å². The summed E-state index contributed by atoms with van der Waals surface area (Å²) in [5, 5.41) is 32.0. The number of aromatic hydroxyl groups is 1. The Balaban J connectivity index is 0.802. The van der Waals surface area contributed by atoms with Crippen molar-refractivity contribution in [3.63, 3.8) is 0 Å². The van der Waals surface area contributed by atoms with E-state index in [4.69, 9.17) is 26.1 Å². The van der Waals surface area contributed by atoms with Gasteiger partial charge in [-0.1, -0.05) is 87.5 Å². The van der Waals surface area contributed by atoms with E-state index in [1.807, 2.05) is 67.3 Å². The molecule has 5 N–H and O–H groups in total. The van der Waals surface area contributed by atoms with Crippen molar-refractivity contribution in [2.45, 2.75) is 71.7 Å². The number of anilines is 2. The lowest BCUT2D eigenvalue weighted by Gasteiger charge is -2.35. The number of phenols is 1. The van der Waals surface area contributed by atoms with Crippen LogP contribution in [-0.4, -0.2) is 167 Å². The van der Waals surface area contributed by atoms with Gasteiger partial charge in [0.15, 0.2) is 5.82 Å². The molecule has 0 bridgehead atoms. The fraction of sp³-hybridized carbons (Fsp3) is 0.414. The maximum atomic E-state index is 17.0. The summed E-state index contributed by atoms with van der Waals surface area (Å²) in [5.74, 6) is -2.16. The predicted molar refractivity (Wildman–Crippen MR) is 307 cm³/mol. The van der Waals surface area contributed by atoms with E-state index in [2.05, 4.69) is 32.5 Å². The number of β-amino-alcohol motifs (C(OH)–C–C–N with tert-alkyl or cyclic N) is 1. The Hall–Kier alpha value is -7.30. The summed E-state index contributed by atoms with van der Waals surface area (Å²) in [6.45, 7) is 14.6. The van der Waals surface area contributed by atoms with Gasteiger partial charge in [-0.3, -0.25) is 24.0 Å². The number of carbonyl (C=O) groups excluding carboxylic acids is 5. The topological polar surface area (TPSA) is 232 Å². The van der Waals surface area contributed by atoms with Crippen LogP contribution >= 0.6 is 22.9 Å². The van der Waals surface area contributed by atoms with Crippen molar-refractivity contribution in [3.8, 4) is 27.3 Å². The average Bonchev–Trinajstić information content (AvgIpc) is 4.13. The second kappa shape index (κ2) is 25.9. The number of aromatic nitrogens is 3. The molecule has 0 saturated carbocycles. The number of benzene rings is 4. The predicted octanol–water partition coefficient (Wildman–Crippen LogP) is 6.88. The minimum atomic E-state index is -1.03. The Morgan fingerprint density at radius 2 is 1.70 bits per heavy atom. The molecule has 2 aromatic heterocycles. The number of carbonyl (C=O) groups is 5. The van der Waals surface area contributed by atoms with E-state index in [1.54, 1.807) is 61.7 Å². The molecule has 4 atom stereocenters. The van der Waals surface area contributed by atoms with E-state index < -0.39 is 47.1 Å². The lowest BCUT2D eigenvalue weighted by Crippen LogP contribution is -2.58. The summed E-state index contributed by atoms with van der Waals surface area (Å²) < 4.78 is 28.3. The van der Waals surface area contributed by atoms with Crippen molar-refractivity contribution in [2.24, 2.45) is 5.41 Å². The number of likely N-dealkylation sites (N-methyl/N-ethyl adjacent to an activating group) is 1. The molecular weight excluding hydrogens is 1070 g/mol. The molecule has 0 aliphatic carbocycles. The molecule has 2 aliphatic rings. The average molecular weight is 1140 g/mol. The number of hydrogen-bond donors (Lipinski definition) is 5. The van der Waals surface area contributed by atoms with Crippen LogP contribution in [0, 0.1) is 18.2 Å². The van der Waals surface area contributed by atoms with Crippen LogP contribution in [0.2, 0.25) is 5.02 Å². The van der Waals surface area contributed by atoms with Gasteiger partial charge in [-0.2, -0.15) is 4.98 Å². The number of nitrogens with zero attached hydrogens (tertiary/aromatic N) is 7. The van der Waals surface area contributed by atoms with E-state index >= 15 is 4.39 Å². The number of amides is 5. The first kappa shape index (κ1) is 58.8. The van der Waals surface area contributed by atoms with Crippen molar-refractivity contribution < 1.29 is 48.0 Å². The first-order valence-corrected chi connectivity index (χ1v) is 27.8. The van der Waals surface area contributed by atoms with Gasteiger partial charge in [0.25, 0.3) is 0 Å². The lowest BCUT2D eigenvalue weighted by atomic mass is 9.85. The number of ether oxygens (including phenoxy) is 2. The van der Waals surface area contributed by atoms with Crippen LogP contribution in [-0.2, 0) is 33.4 Å². The number of halogens is 2. The molecule has 8 rings (SSSR count). The summed E-state index contributed by atoms with van der Waals surface area (Å²) in [4.78, 5) is 87.9. The van der Waals surface area contributed by atoms with Gasteiger partial charge in [-0.15, -0.1) is 11.3 Å². The standard InChI is InChI=1S/C58H68ClFN10O9S/c1-8-47(74)68-19-21-69(22-20-68)54-43-30-44(59)49(42-28-39(71)27-38-11-9-10-12-41(38)42)50(60)51(43)65-57(66-54)61-18-17-48(75)67(7)23-24-78-25-26-79-32-46(73)64-53(58(4,5)6)56(77)70-31-40(72)29-45(70)55(76)63-34(2)36-13-15-37(16-14-36)52-35(3)62-33-80-52/h8-16,27-28,30,33-34,40,45,53,71-72H,1,17-26,29,31-32H2,2-7H3,(H,63,76)(H,64,73)(H,61,65,66)/t34-,40+,45-,53+/m0/s1. The highest BCUT2D eigenvalue weighted by Crippen LogP contribution is 2.42. The van der Waals surface area contributed by atoms with Gasteiger partial charge < -0.3 is 55.2 Å². The molecule has 2 aliphatic heterocycles. The molecule has 2 saturated heterocycles. The fourth-order valence-electron chi connectivity index (χ4n) is 9.92. The number of fused-ring (bicyclic) bond motifs is 2. The van der Waals surface area contributed by atoms with E-state index in [-0.39, 0.29) is 105 Å². The molecule has 4 heterocycles. The molecule has 424 valence electrons. The number of phenolic OH excluding ortho intramolecular Hbond substituents is 1. The van der Waals surface area contributed by atoms with Gasteiger partial charge in [0.2, 0.25) is 35.5 Å². The molecule has 0 spiro atoms. The second-order valence-electron chi connectivity index (χ2n) is 21.1. The molecule has 0 radical (unpaired) electrons. The third-order valence-corrected chi connectivity index (χ3v) is 15.6. The summed E-state index contributed by atoms with van der Waals surface area (Å²) in [6, 6.07) is 17.4. The monoisotopic (exact) mass is 1130 g/mol. The maximum Gasteiger partial charge on any atom is 0.246 e. The van der Waals surface area contributed by atoms with Crippen molar-refractivity contribution in [1.82, 2.24) is 40.3 Å². The molecule has 6 aromatic rings. The van der Waals surface area contributed by atoms with E-state index in [9.17, 15) is 34.2 Å². The molecule has 22 heteroatoms. The quantitative estimate of drug-likeness (QED) is 0.0366. The van der Waals surface area contributed by atoms with Crippen molar-refractivity contribution in [1.29, 1.82) is 0 Å². The van der Waals surface area contributed by atoms with Gasteiger partial charge in [-0.25, -0.2) is 14.4 Å². The SMILES string of the molecule is C=CC(=O)N1CCN(c2nc(NCCC(=O)N(C)CCOCCOCC(=O)N[C@H](C(=O)N3C[C@H](O)C[C@H]3C(=O)N[C@@H](C)c3ccc(-c4scnc4C)cc3)C(C)(C)C)nc3c(F)c(-c4cc(O)cc5ccccc45)c(Cl)cc23)CC1. The number of aryl methyl sites for hydroxylation is 1. The van der Waals surface area contributed by atoms with Crippen LogP contribution in [0.4, 0.5) is 16.2 Å². The van der Waals surface area contributed by atoms with Crippen LogP contribution < -0.4 is 20.9 Å². The second-order valence-corrected chi connectivity index (χ2v) is 22.3. The number of aliphatic hydroxyl groups is 1. The molecule has 2 fully saturated rings. The number of thiazole rings is 1. The van der Waals surface area contributed by atoms with Crippen LogP contribution in [0.5, 0.6) is 5.75 Å². The normalized spacial score (nSPS) is 16.4. The number of nitrogens with one attached hydrogen (secondary N) is 3. The lowest BCUT2D eigenvalue weighted by molar-refractivity contribution is -0.144. The smallest absolute Gasteiger partial charge is 0.246 e. The Kier molecular flexibility index (Phi) is 19.0. The maximum absolute atomic E-state index is 17.0. The number of aliphatic hydroxyl groups excluding tert-OH is 1. The summed E-state index contributed by atoms with van der Waals surface area (Å²) in [6.07, 6.45) is 0.429. The Morgan fingerprint density at radius 1 is 0.975 bits per heavy atom. The molecule has 5 amide bonds. The van der Waals surface area contributed by atoms with Crippen LogP contribution in [0.25, 0.3) is 43.2 Å². The highest BCUT2D eigenvalue weighted by molar-refractivity contribution is 7.13. The van der Waals surface area contributed by atoms with Gasteiger partial charge in [0, 0.05) is 76.7 Å². The zero-order valence-electron chi connectivity index (χ0n) is 45.8. The van der Waals surface area contributed by atoms with Gasteiger partial charge in [0.1, 0.15) is 35.8 Å². The minimum Gasteiger partial charge on any atom is -0.508 e. The van der Waals surface area contributed by atoms with Gasteiger partial charge in [0.05, 0.1) is 53.1 Å². The molecule has 80 heavy (non-hydrogen) atoms. The number of likely N-dealkylation sites (tertiary alicyclic amines) is 1. The molecule has 4 aromatic carbocycles. The summed E-state index contributed by atoms with van der Waals surface area (Å²) >= 11 is 8.44. The Labute approximate surface area is 473 Å². The Morgan fingerprint density at radius 3 is 2.40 bits per heavy atom. The number of rotatable bonds is 21. The third kappa shape index (κ3) is 13.8. The molecular formula is C58H68ClFN10O9S. The molecule has 0 unspecified atom stereocenters. The minimum absolute atomic E-state index is 0.0225. The van der Waals surface area contributed by atoms with Crippen molar-refractivity contribution in [2.75, 3.05) is 89.5 Å². The van der Waals surface area contributed by atoms with Crippen LogP contribution in [0.3, 0.4) is 0 Å². The summed E-state index contributed by atoms with van der Waals surface area (Å²) in [5.41, 5.74) is 4.30. The largest absolute Gasteiger partial charge is 0.508 e. The van der Waals surface area contributed by atoms with E-state index in [0.717, 1.165) is 21.7 Å². The van der Waals surface area contributed by atoms with Gasteiger partial charge >= 0.3 is 0 Å². The zero-order valence-corrected chi connectivity index (χ0v) is 47.3. The summed E-state index contributed by atoms with van der Waals surface area (Å²) in [7, 11) is 1.63. The van der Waals surface area contributed by atoms with Crippen molar-refractivity contribution in [3.05, 3.63) is 107 Å². The fourth-order valence-corrected chi connectivity index (χ4v) is 11.0. The van der Waals surface area contributed by atoms with Crippen molar-refractivity contribution >= 4 is 85.9 Å². The molecule has 19 nitrogen and oxygen atoms in total. The number of hydrogen-bond acceptors (Lipinski definition) is 15. The first-order valence-electron chi connectivity index (χ1n) is 26.5. The number of piperazine rings is 1. The van der Waals surface area contributed by atoms with Gasteiger partial charge in [-0.05, 0) is 71.0 Å². The highest BCUT2D eigenvalue weighted by atomic mass is 35.5. The highest BCUT2D eigenvalue weighted by Gasteiger charge is 2.45. The van der Waals surface area contributed by atoms with Crippen LogP contribution in [0.1, 0.15) is 57.8 Å². The third-order valence-electron chi connectivity index (χ3n) is 14.3.